The maximum atomic E-state index is 6.87. The number of ether oxygens (including phenoxy) is 2. The minimum atomic E-state index is 0.705. The second kappa shape index (κ2) is 13.4. The van der Waals surface area contributed by atoms with Gasteiger partial charge in [-0.15, -0.1) is 0 Å². The summed E-state index contributed by atoms with van der Waals surface area (Å²) in [5.41, 5.74) is 5.83. The fourth-order valence-corrected chi connectivity index (χ4v) is 5.65. The van der Waals surface area contributed by atoms with Crippen LogP contribution in [0, 0.1) is 0 Å². The van der Waals surface area contributed by atoms with Crippen LogP contribution in [0.15, 0.2) is 66.7 Å². The lowest BCUT2D eigenvalue weighted by molar-refractivity contribution is 0.271. The lowest BCUT2D eigenvalue weighted by Gasteiger charge is -2.19. The number of likely N-dealkylation sites (N-methyl/N-ethyl adjacent to an activating group) is 1. The van der Waals surface area contributed by atoms with E-state index in [1.54, 1.807) is 14.2 Å². The van der Waals surface area contributed by atoms with Crippen LogP contribution in [0.3, 0.4) is 0 Å². The van der Waals surface area contributed by atoms with Crippen molar-refractivity contribution in [3.63, 3.8) is 0 Å². The molecule has 4 aromatic rings. The van der Waals surface area contributed by atoms with Gasteiger partial charge < -0.3 is 24.3 Å². The lowest BCUT2D eigenvalue weighted by atomic mass is 10.0. The number of aromatic amines is 1. The largest absolute Gasteiger partial charge is 0.497 e. The zero-order valence-corrected chi connectivity index (χ0v) is 24.5. The van der Waals surface area contributed by atoms with Gasteiger partial charge >= 0.3 is 0 Å². The SMILES string of the molecule is COc1cccc(-c2nc(-c3ccc(CCCCN4CCCN(C)CC4)cc3Cl)[nH]c2-c2cccc(OC)c2)c1. The molecule has 210 valence electrons. The van der Waals surface area contributed by atoms with E-state index in [-0.39, 0.29) is 0 Å². The Morgan fingerprint density at radius 2 is 1.60 bits per heavy atom. The molecule has 0 radical (unpaired) electrons. The predicted octanol–water partition coefficient (Wildman–Crippen LogP) is 7.04. The first kappa shape index (κ1) is 28.2. The molecule has 0 bridgehead atoms. The summed E-state index contributed by atoms with van der Waals surface area (Å²) < 4.78 is 11.0. The predicted molar refractivity (Wildman–Crippen MR) is 165 cm³/mol. The number of halogens is 1. The van der Waals surface area contributed by atoms with Crippen molar-refractivity contribution in [3.05, 3.63) is 77.3 Å². The summed E-state index contributed by atoms with van der Waals surface area (Å²) in [4.78, 5) is 13.6. The third-order valence-electron chi connectivity index (χ3n) is 7.70. The highest BCUT2D eigenvalue weighted by atomic mass is 35.5. The van der Waals surface area contributed by atoms with E-state index in [2.05, 4.69) is 46.1 Å². The molecule has 5 rings (SSSR count). The number of imidazole rings is 1. The van der Waals surface area contributed by atoms with Crippen molar-refractivity contribution in [3.8, 4) is 45.4 Å². The molecule has 6 nitrogen and oxygen atoms in total. The molecule has 0 spiro atoms. The van der Waals surface area contributed by atoms with Crippen LogP contribution in [0.25, 0.3) is 33.9 Å². The molecular formula is C33H39ClN4O2. The molecule has 1 N–H and O–H groups in total. The van der Waals surface area contributed by atoms with E-state index in [9.17, 15) is 0 Å². The summed E-state index contributed by atoms with van der Waals surface area (Å²) in [6, 6.07) is 22.3. The Balaban J connectivity index is 1.35. The minimum absolute atomic E-state index is 0.705. The molecule has 2 heterocycles. The minimum Gasteiger partial charge on any atom is -0.497 e. The van der Waals surface area contributed by atoms with Crippen LogP contribution in [-0.2, 0) is 6.42 Å². The molecule has 1 aliphatic rings. The number of unbranched alkanes of at least 4 members (excludes halogenated alkanes) is 1. The standard InChI is InChI=1S/C33H39ClN4O2/c1-37-16-8-18-38(20-19-37)17-5-4-9-24-14-15-29(30(34)21-24)33-35-31(25-10-6-12-27(22-25)39-2)32(36-33)26-11-7-13-28(23-26)40-3/h6-7,10-15,21-23H,4-5,8-9,16-20H2,1-3H3,(H,35,36). The number of aryl methyl sites for hydroxylation is 1. The zero-order valence-electron chi connectivity index (χ0n) is 23.8. The van der Waals surface area contributed by atoms with Gasteiger partial charge in [0.2, 0.25) is 0 Å². The Morgan fingerprint density at radius 1 is 0.850 bits per heavy atom. The maximum absolute atomic E-state index is 6.87. The van der Waals surface area contributed by atoms with Crippen LogP contribution in [0.1, 0.15) is 24.8 Å². The summed E-state index contributed by atoms with van der Waals surface area (Å²) in [7, 11) is 5.57. The molecule has 7 heteroatoms. The summed E-state index contributed by atoms with van der Waals surface area (Å²) in [5, 5.41) is 0.705. The van der Waals surface area contributed by atoms with E-state index in [1.165, 1.54) is 51.1 Å². The molecule has 1 saturated heterocycles. The monoisotopic (exact) mass is 558 g/mol. The summed E-state index contributed by atoms with van der Waals surface area (Å²) >= 11 is 6.87. The van der Waals surface area contributed by atoms with Crippen molar-refractivity contribution in [2.75, 3.05) is 54.0 Å². The average molecular weight is 559 g/mol. The van der Waals surface area contributed by atoms with E-state index < -0.39 is 0 Å². The third kappa shape index (κ3) is 6.87. The molecule has 1 aromatic heterocycles. The normalized spacial score (nSPS) is 14.7. The van der Waals surface area contributed by atoms with Gasteiger partial charge in [-0.3, -0.25) is 0 Å². The van der Waals surface area contributed by atoms with E-state index in [1.807, 2.05) is 42.5 Å². The second-order valence-electron chi connectivity index (χ2n) is 10.5. The molecule has 1 aliphatic heterocycles. The summed E-state index contributed by atoms with van der Waals surface area (Å²) in [6.45, 7) is 5.94. The van der Waals surface area contributed by atoms with Gasteiger partial charge in [0.1, 0.15) is 17.3 Å². The van der Waals surface area contributed by atoms with Crippen molar-refractivity contribution >= 4 is 11.6 Å². The van der Waals surface area contributed by atoms with Crippen molar-refractivity contribution in [2.45, 2.75) is 25.7 Å². The molecule has 0 aliphatic carbocycles. The average Bonchev–Trinajstić information content (AvgIpc) is 3.32. The molecule has 0 amide bonds. The molecule has 0 saturated carbocycles. The number of methoxy groups -OCH3 is 2. The zero-order chi connectivity index (χ0) is 27.9. The highest BCUT2D eigenvalue weighted by Gasteiger charge is 2.18. The lowest BCUT2D eigenvalue weighted by Crippen LogP contribution is -2.29. The van der Waals surface area contributed by atoms with Crippen molar-refractivity contribution in [1.29, 1.82) is 0 Å². The second-order valence-corrected chi connectivity index (χ2v) is 10.9. The van der Waals surface area contributed by atoms with Gasteiger partial charge in [0.25, 0.3) is 0 Å². The number of hydrogen-bond acceptors (Lipinski definition) is 5. The van der Waals surface area contributed by atoms with Crippen LogP contribution in [-0.4, -0.2) is 73.8 Å². The Labute approximate surface area is 242 Å². The topological polar surface area (TPSA) is 53.6 Å². The summed E-state index contributed by atoms with van der Waals surface area (Å²) in [6.07, 6.45) is 4.65. The molecule has 40 heavy (non-hydrogen) atoms. The van der Waals surface area contributed by atoms with Crippen LogP contribution < -0.4 is 9.47 Å². The van der Waals surface area contributed by atoms with Gasteiger partial charge in [-0.05, 0) is 94.3 Å². The number of H-pyrrole nitrogens is 1. The molecule has 3 aromatic carbocycles. The number of nitrogens with zero attached hydrogens (tertiary/aromatic N) is 3. The Bertz CT molecular complexity index is 1350. The molecule has 0 unspecified atom stereocenters. The van der Waals surface area contributed by atoms with Crippen LogP contribution >= 0.6 is 11.6 Å². The molecular weight excluding hydrogens is 520 g/mol. The first-order valence-electron chi connectivity index (χ1n) is 14.1. The van der Waals surface area contributed by atoms with Crippen molar-refractivity contribution in [2.24, 2.45) is 0 Å². The first-order chi connectivity index (χ1) is 19.5. The highest BCUT2D eigenvalue weighted by molar-refractivity contribution is 6.33. The summed E-state index contributed by atoms with van der Waals surface area (Å²) in [5.74, 6) is 2.30. The molecule has 0 atom stereocenters. The highest BCUT2D eigenvalue weighted by Crippen LogP contribution is 2.37. The van der Waals surface area contributed by atoms with Gasteiger partial charge in [-0.25, -0.2) is 4.98 Å². The van der Waals surface area contributed by atoms with Gasteiger partial charge in [0.15, 0.2) is 0 Å². The number of hydrogen-bond donors (Lipinski definition) is 1. The third-order valence-corrected chi connectivity index (χ3v) is 8.01. The Hall–Kier alpha value is -3.32. The van der Waals surface area contributed by atoms with Gasteiger partial charge in [0, 0.05) is 29.8 Å². The Morgan fingerprint density at radius 3 is 2.35 bits per heavy atom. The Kier molecular flexibility index (Phi) is 9.42. The fourth-order valence-electron chi connectivity index (χ4n) is 5.36. The van der Waals surface area contributed by atoms with Crippen molar-refractivity contribution in [1.82, 2.24) is 19.8 Å². The van der Waals surface area contributed by atoms with Gasteiger partial charge in [-0.1, -0.05) is 41.9 Å². The van der Waals surface area contributed by atoms with Crippen LogP contribution in [0.2, 0.25) is 5.02 Å². The van der Waals surface area contributed by atoms with E-state index >= 15 is 0 Å². The van der Waals surface area contributed by atoms with Gasteiger partial charge in [0.05, 0.1) is 30.6 Å². The number of rotatable bonds is 10. The van der Waals surface area contributed by atoms with Gasteiger partial charge in [-0.2, -0.15) is 0 Å². The smallest absolute Gasteiger partial charge is 0.140 e. The van der Waals surface area contributed by atoms with E-state index in [0.717, 1.165) is 58.2 Å². The number of aromatic nitrogens is 2. The fraction of sp³-hybridized carbons (Fsp3) is 0.364. The van der Waals surface area contributed by atoms with E-state index in [0.29, 0.717) is 5.02 Å². The number of nitrogens with one attached hydrogen (secondary N) is 1. The van der Waals surface area contributed by atoms with E-state index in [4.69, 9.17) is 26.1 Å². The maximum Gasteiger partial charge on any atom is 0.140 e. The van der Waals surface area contributed by atoms with Crippen LogP contribution in [0.4, 0.5) is 0 Å². The van der Waals surface area contributed by atoms with Crippen LogP contribution in [0.5, 0.6) is 11.5 Å². The molecule has 1 fully saturated rings. The number of benzene rings is 3. The first-order valence-corrected chi connectivity index (χ1v) is 14.5. The van der Waals surface area contributed by atoms with Crippen molar-refractivity contribution < 1.29 is 9.47 Å². The quantitative estimate of drug-likeness (QED) is 0.211.